The van der Waals surface area contributed by atoms with Crippen LogP contribution in [0.5, 0.6) is 11.5 Å². The Morgan fingerprint density at radius 1 is 1.09 bits per heavy atom. The van der Waals surface area contributed by atoms with Crippen LogP contribution in [0, 0.1) is 6.92 Å². The van der Waals surface area contributed by atoms with E-state index < -0.39 is 0 Å². The predicted octanol–water partition coefficient (Wildman–Crippen LogP) is 3.33. The van der Waals surface area contributed by atoms with Crippen molar-refractivity contribution in [3.8, 4) is 11.5 Å². The molecule has 0 aliphatic carbocycles. The number of anilines is 1. The van der Waals surface area contributed by atoms with Crippen molar-refractivity contribution >= 4 is 29.2 Å². The van der Waals surface area contributed by atoms with Gasteiger partial charge in [0.2, 0.25) is 0 Å². The van der Waals surface area contributed by atoms with Crippen molar-refractivity contribution in [1.82, 2.24) is 5.43 Å². The highest BCUT2D eigenvalue weighted by Crippen LogP contribution is 2.29. The largest absolute Gasteiger partial charge is 0.493 e. The van der Waals surface area contributed by atoms with Gasteiger partial charge in [0.25, 0.3) is 0 Å². The molecular formula is C17H19N3O2S. The summed E-state index contributed by atoms with van der Waals surface area (Å²) in [7, 11) is 3.18. The second-order valence-corrected chi connectivity index (χ2v) is 5.18. The van der Waals surface area contributed by atoms with Gasteiger partial charge in [-0.05, 0) is 43.4 Å². The van der Waals surface area contributed by atoms with E-state index in [0.717, 1.165) is 11.3 Å². The first-order valence-corrected chi connectivity index (χ1v) is 7.42. The summed E-state index contributed by atoms with van der Waals surface area (Å²) < 4.78 is 10.6. The number of aryl methyl sites for hydroxylation is 1. The minimum atomic E-state index is 0.409. The number of thiocarbonyl (C=S) groups is 1. The van der Waals surface area contributed by atoms with Gasteiger partial charge in [-0.15, -0.1) is 0 Å². The maximum atomic E-state index is 5.34. The van der Waals surface area contributed by atoms with Crippen LogP contribution in [-0.4, -0.2) is 25.5 Å². The molecule has 5 nitrogen and oxygen atoms in total. The van der Waals surface area contributed by atoms with Gasteiger partial charge < -0.3 is 14.8 Å². The molecule has 0 saturated heterocycles. The van der Waals surface area contributed by atoms with Crippen molar-refractivity contribution in [1.29, 1.82) is 0 Å². The van der Waals surface area contributed by atoms with Gasteiger partial charge in [0.05, 0.1) is 20.4 Å². The summed E-state index contributed by atoms with van der Waals surface area (Å²) in [6, 6.07) is 13.5. The Labute approximate surface area is 141 Å². The normalized spacial score (nSPS) is 10.4. The van der Waals surface area contributed by atoms with Gasteiger partial charge in [0.15, 0.2) is 16.6 Å². The number of nitrogens with one attached hydrogen (secondary N) is 2. The molecule has 0 saturated carbocycles. The summed E-state index contributed by atoms with van der Waals surface area (Å²) in [4.78, 5) is 0. The standard InChI is InChI=1S/C17H19N3O2S/c1-12-7-9-14(10-8-12)19-17(23)20-18-11-13-5-4-6-15(21-2)16(13)22-3/h4-11H,1-3H3,(H2,19,20,23). The molecule has 0 aliphatic rings. The quantitative estimate of drug-likeness (QED) is 0.501. The third-order valence-corrected chi connectivity index (χ3v) is 3.31. The number of hydrogen-bond donors (Lipinski definition) is 2. The summed E-state index contributed by atoms with van der Waals surface area (Å²) >= 11 is 5.20. The van der Waals surface area contributed by atoms with Gasteiger partial charge in [-0.1, -0.05) is 23.8 Å². The van der Waals surface area contributed by atoms with Crippen LogP contribution in [0.3, 0.4) is 0 Å². The highest BCUT2D eigenvalue weighted by molar-refractivity contribution is 7.80. The summed E-state index contributed by atoms with van der Waals surface area (Å²) in [6.45, 7) is 2.03. The van der Waals surface area contributed by atoms with E-state index in [1.807, 2.05) is 49.4 Å². The fourth-order valence-corrected chi connectivity index (χ4v) is 2.14. The summed E-state index contributed by atoms with van der Waals surface area (Å²) in [5.41, 5.74) is 5.66. The lowest BCUT2D eigenvalue weighted by Crippen LogP contribution is -2.23. The fourth-order valence-electron chi connectivity index (χ4n) is 1.97. The van der Waals surface area contributed by atoms with Crippen LogP contribution in [0.1, 0.15) is 11.1 Å². The van der Waals surface area contributed by atoms with E-state index in [-0.39, 0.29) is 0 Å². The predicted molar refractivity (Wildman–Crippen MR) is 97.7 cm³/mol. The minimum Gasteiger partial charge on any atom is -0.493 e. The zero-order valence-corrected chi connectivity index (χ0v) is 14.1. The van der Waals surface area contributed by atoms with E-state index in [1.54, 1.807) is 20.4 Å². The van der Waals surface area contributed by atoms with Crippen LogP contribution in [0.4, 0.5) is 5.69 Å². The molecule has 2 N–H and O–H groups in total. The monoisotopic (exact) mass is 329 g/mol. The van der Waals surface area contributed by atoms with Crippen LogP contribution in [0.25, 0.3) is 0 Å². The lowest BCUT2D eigenvalue weighted by molar-refractivity contribution is 0.354. The highest BCUT2D eigenvalue weighted by Gasteiger charge is 2.07. The van der Waals surface area contributed by atoms with E-state index >= 15 is 0 Å². The van der Waals surface area contributed by atoms with Crippen molar-refractivity contribution in [3.63, 3.8) is 0 Å². The average Bonchev–Trinajstić information content (AvgIpc) is 2.56. The van der Waals surface area contributed by atoms with Crippen molar-refractivity contribution in [2.45, 2.75) is 6.92 Å². The zero-order valence-electron chi connectivity index (χ0n) is 13.3. The number of hydrazone groups is 1. The molecule has 0 aromatic heterocycles. The number of para-hydroxylation sites is 1. The van der Waals surface area contributed by atoms with Gasteiger partial charge in [0.1, 0.15) is 0 Å². The highest BCUT2D eigenvalue weighted by atomic mass is 32.1. The van der Waals surface area contributed by atoms with E-state index in [9.17, 15) is 0 Å². The van der Waals surface area contributed by atoms with Gasteiger partial charge in [-0.3, -0.25) is 5.43 Å². The molecule has 0 heterocycles. The summed E-state index contributed by atoms with van der Waals surface area (Å²) in [5.74, 6) is 1.27. The molecule has 0 amide bonds. The van der Waals surface area contributed by atoms with Crippen LogP contribution in [0.2, 0.25) is 0 Å². The summed E-state index contributed by atoms with van der Waals surface area (Å²) in [6.07, 6.45) is 1.63. The molecule has 0 aliphatic heterocycles. The Bertz CT molecular complexity index is 699. The van der Waals surface area contributed by atoms with E-state index in [1.165, 1.54) is 5.56 Å². The molecule has 0 unspecified atom stereocenters. The lowest BCUT2D eigenvalue weighted by Gasteiger charge is -2.10. The van der Waals surface area contributed by atoms with E-state index in [4.69, 9.17) is 21.7 Å². The third-order valence-electron chi connectivity index (χ3n) is 3.11. The van der Waals surface area contributed by atoms with E-state index in [0.29, 0.717) is 16.6 Å². The maximum Gasteiger partial charge on any atom is 0.191 e. The molecule has 23 heavy (non-hydrogen) atoms. The summed E-state index contributed by atoms with van der Waals surface area (Å²) in [5, 5.41) is 7.59. The molecule has 0 fully saturated rings. The molecule has 2 aromatic carbocycles. The Morgan fingerprint density at radius 3 is 2.48 bits per heavy atom. The molecule has 2 rings (SSSR count). The van der Waals surface area contributed by atoms with Gasteiger partial charge >= 0.3 is 0 Å². The van der Waals surface area contributed by atoms with Crippen LogP contribution in [0.15, 0.2) is 47.6 Å². The smallest absolute Gasteiger partial charge is 0.191 e. The minimum absolute atomic E-state index is 0.409. The van der Waals surface area contributed by atoms with Gasteiger partial charge in [-0.25, -0.2) is 0 Å². The van der Waals surface area contributed by atoms with Gasteiger partial charge in [0, 0.05) is 11.3 Å². The second-order valence-electron chi connectivity index (χ2n) is 4.77. The third kappa shape index (κ3) is 4.69. The van der Waals surface area contributed by atoms with Crippen molar-refractivity contribution in [2.24, 2.45) is 5.10 Å². The second kappa shape index (κ2) is 8.14. The average molecular weight is 329 g/mol. The van der Waals surface area contributed by atoms with Crippen LogP contribution >= 0.6 is 12.2 Å². The Morgan fingerprint density at radius 2 is 1.83 bits per heavy atom. The Kier molecular flexibility index (Phi) is 5.94. The SMILES string of the molecule is COc1cccc(C=NNC(=S)Nc2ccc(C)cc2)c1OC. The topological polar surface area (TPSA) is 54.9 Å². The number of benzene rings is 2. The van der Waals surface area contributed by atoms with Gasteiger partial charge in [-0.2, -0.15) is 5.10 Å². The van der Waals surface area contributed by atoms with Crippen molar-refractivity contribution in [2.75, 3.05) is 19.5 Å². The first-order chi connectivity index (χ1) is 11.1. The molecule has 2 aromatic rings. The molecule has 0 radical (unpaired) electrons. The maximum absolute atomic E-state index is 5.34. The lowest BCUT2D eigenvalue weighted by atomic mass is 10.2. The molecular weight excluding hydrogens is 310 g/mol. The van der Waals surface area contributed by atoms with Crippen molar-refractivity contribution in [3.05, 3.63) is 53.6 Å². The zero-order chi connectivity index (χ0) is 16.7. The van der Waals surface area contributed by atoms with Crippen LogP contribution < -0.4 is 20.2 Å². The number of rotatable bonds is 5. The van der Waals surface area contributed by atoms with E-state index in [2.05, 4.69) is 15.8 Å². The fraction of sp³-hybridized carbons (Fsp3) is 0.176. The molecule has 6 heteroatoms. The molecule has 0 bridgehead atoms. The van der Waals surface area contributed by atoms with Crippen LogP contribution in [-0.2, 0) is 0 Å². The first-order valence-electron chi connectivity index (χ1n) is 7.01. The molecule has 120 valence electrons. The number of nitrogens with zero attached hydrogens (tertiary/aromatic N) is 1. The van der Waals surface area contributed by atoms with Crippen molar-refractivity contribution < 1.29 is 9.47 Å². The Balaban J connectivity index is 1.98. The first kappa shape index (κ1) is 16.8. The number of hydrogen-bond acceptors (Lipinski definition) is 4. The number of ether oxygens (including phenoxy) is 2. The number of methoxy groups -OCH3 is 2. The molecule has 0 atom stereocenters. The molecule has 0 spiro atoms. The Hall–Kier alpha value is -2.60.